The molecule has 0 saturated heterocycles. The first-order valence-corrected chi connectivity index (χ1v) is 11.8. The number of carbonyl (C=O) groups is 1. The summed E-state index contributed by atoms with van der Waals surface area (Å²) in [5.41, 5.74) is 1.39. The normalized spacial score (nSPS) is 10.6. The SMILES string of the molecule is O=C(NCc1cccnc1)c1cccc(Nc2c(Oc3ccc(F)cc3)cnn(-c3ccc(F)cc3)c2=O)c1. The monoisotopic (exact) mass is 525 g/mol. The summed E-state index contributed by atoms with van der Waals surface area (Å²) in [6, 6.07) is 20.8. The van der Waals surface area contributed by atoms with E-state index in [-0.39, 0.29) is 23.1 Å². The molecule has 194 valence electrons. The van der Waals surface area contributed by atoms with Crippen molar-refractivity contribution in [2.75, 3.05) is 5.32 Å². The van der Waals surface area contributed by atoms with Crippen molar-refractivity contribution in [1.29, 1.82) is 0 Å². The molecule has 0 fully saturated rings. The molecule has 10 heteroatoms. The second-order valence-electron chi connectivity index (χ2n) is 8.38. The average molecular weight is 526 g/mol. The summed E-state index contributed by atoms with van der Waals surface area (Å²) in [5, 5.41) is 10.0. The highest BCUT2D eigenvalue weighted by atomic mass is 19.1. The maximum Gasteiger partial charge on any atom is 0.299 e. The van der Waals surface area contributed by atoms with Gasteiger partial charge in [-0.25, -0.2) is 8.78 Å². The van der Waals surface area contributed by atoms with Gasteiger partial charge >= 0.3 is 0 Å². The van der Waals surface area contributed by atoms with Gasteiger partial charge in [0.05, 0.1) is 11.9 Å². The molecule has 5 rings (SSSR count). The number of rotatable bonds is 8. The lowest BCUT2D eigenvalue weighted by molar-refractivity contribution is 0.0951. The molecule has 0 saturated carbocycles. The Morgan fingerprint density at radius 3 is 2.36 bits per heavy atom. The van der Waals surface area contributed by atoms with Crippen LogP contribution in [0.4, 0.5) is 20.2 Å². The molecular formula is C29H21F2N5O3. The lowest BCUT2D eigenvalue weighted by atomic mass is 10.1. The summed E-state index contributed by atoms with van der Waals surface area (Å²) in [5.74, 6) is -0.868. The highest BCUT2D eigenvalue weighted by molar-refractivity contribution is 5.95. The van der Waals surface area contributed by atoms with Crippen molar-refractivity contribution in [2.24, 2.45) is 0 Å². The van der Waals surface area contributed by atoms with Crippen LogP contribution in [0.1, 0.15) is 15.9 Å². The number of hydrogen-bond donors (Lipinski definition) is 2. The first-order chi connectivity index (χ1) is 19.0. The smallest absolute Gasteiger partial charge is 0.299 e. The van der Waals surface area contributed by atoms with Crippen LogP contribution in [0.3, 0.4) is 0 Å². The molecule has 0 aliphatic carbocycles. The summed E-state index contributed by atoms with van der Waals surface area (Å²) in [6.07, 6.45) is 4.63. The van der Waals surface area contributed by atoms with Gasteiger partial charge in [0, 0.05) is 30.2 Å². The molecule has 0 radical (unpaired) electrons. The van der Waals surface area contributed by atoms with E-state index in [2.05, 4.69) is 20.7 Å². The van der Waals surface area contributed by atoms with Crippen molar-refractivity contribution in [3.8, 4) is 17.2 Å². The highest BCUT2D eigenvalue weighted by Gasteiger charge is 2.16. The van der Waals surface area contributed by atoms with Crippen LogP contribution in [0.5, 0.6) is 11.5 Å². The molecule has 0 spiro atoms. The first kappa shape index (κ1) is 25.3. The Hall–Kier alpha value is -5.38. The van der Waals surface area contributed by atoms with Crippen LogP contribution in [0.2, 0.25) is 0 Å². The Kier molecular flexibility index (Phi) is 7.35. The lowest BCUT2D eigenvalue weighted by Gasteiger charge is -2.15. The predicted octanol–water partition coefficient (Wildman–Crippen LogP) is 5.37. The van der Waals surface area contributed by atoms with E-state index >= 15 is 0 Å². The van der Waals surface area contributed by atoms with Gasteiger partial charge in [-0.15, -0.1) is 0 Å². The van der Waals surface area contributed by atoms with Crippen LogP contribution in [0.15, 0.2) is 108 Å². The molecule has 1 amide bonds. The number of pyridine rings is 1. The number of halogens is 2. The Bertz CT molecular complexity index is 1660. The van der Waals surface area contributed by atoms with Crippen molar-refractivity contribution >= 4 is 17.3 Å². The van der Waals surface area contributed by atoms with E-state index in [9.17, 15) is 18.4 Å². The van der Waals surface area contributed by atoms with Gasteiger partial charge in [0.2, 0.25) is 0 Å². The summed E-state index contributed by atoms with van der Waals surface area (Å²) in [7, 11) is 0. The number of hydrogen-bond acceptors (Lipinski definition) is 6. The van der Waals surface area contributed by atoms with Gasteiger partial charge < -0.3 is 15.4 Å². The largest absolute Gasteiger partial charge is 0.453 e. The van der Waals surface area contributed by atoms with E-state index in [0.717, 1.165) is 10.2 Å². The fraction of sp³-hybridized carbons (Fsp3) is 0.0345. The maximum absolute atomic E-state index is 13.5. The van der Waals surface area contributed by atoms with Crippen molar-refractivity contribution in [1.82, 2.24) is 20.1 Å². The Morgan fingerprint density at radius 1 is 0.897 bits per heavy atom. The van der Waals surface area contributed by atoms with Crippen LogP contribution in [0, 0.1) is 11.6 Å². The Morgan fingerprint density at radius 2 is 1.64 bits per heavy atom. The average Bonchev–Trinajstić information content (AvgIpc) is 2.96. The quantitative estimate of drug-likeness (QED) is 0.283. The second-order valence-corrected chi connectivity index (χ2v) is 8.38. The van der Waals surface area contributed by atoms with Crippen molar-refractivity contribution in [3.63, 3.8) is 0 Å². The predicted molar refractivity (Wildman–Crippen MR) is 141 cm³/mol. The number of nitrogens with zero attached hydrogens (tertiary/aromatic N) is 3. The number of ether oxygens (including phenoxy) is 1. The van der Waals surface area contributed by atoms with Gasteiger partial charge in [0.15, 0.2) is 11.4 Å². The number of aromatic nitrogens is 3. The van der Waals surface area contributed by atoms with E-state index in [4.69, 9.17) is 4.74 Å². The molecular weight excluding hydrogens is 504 g/mol. The maximum atomic E-state index is 13.5. The van der Waals surface area contributed by atoms with E-state index in [1.165, 1.54) is 54.7 Å². The van der Waals surface area contributed by atoms with Gasteiger partial charge in [-0.1, -0.05) is 12.1 Å². The molecule has 39 heavy (non-hydrogen) atoms. The van der Waals surface area contributed by atoms with Gasteiger partial charge in [-0.05, 0) is 78.4 Å². The van der Waals surface area contributed by atoms with Crippen LogP contribution in [-0.4, -0.2) is 20.7 Å². The molecule has 2 N–H and O–H groups in total. The third-order valence-electron chi connectivity index (χ3n) is 5.63. The van der Waals surface area contributed by atoms with Crippen LogP contribution < -0.4 is 20.9 Å². The molecule has 3 aromatic carbocycles. The zero-order valence-electron chi connectivity index (χ0n) is 20.3. The number of benzene rings is 3. The topological polar surface area (TPSA) is 98.1 Å². The third kappa shape index (κ3) is 6.13. The minimum atomic E-state index is -0.590. The molecule has 2 heterocycles. The zero-order chi connectivity index (χ0) is 27.2. The Labute approximate surface area is 221 Å². The van der Waals surface area contributed by atoms with Crippen LogP contribution >= 0.6 is 0 Å². The fourth-order valence-electron chi connectivity index (χ4n) is 3.70. The standard InChI is InChI=1S/C29H21F2N5O3/c30-21-6-10-24(11-7-21)36-29(38)27(26(18-34-36)39-25-12-8-22(31)9-13-25)35-23-5-1-4-20(15-23)28(37)33-17-19-3-2-14-32-16-19/h1-16,18,35H,17H2,(H,33,37). The van der Waals surface area contributed by atoms with E-state index in [0.29, 0.717) is 23.5 Å². The third-order valence-corrected chi connectivity index (χ3v) is 5.63. The molecule has 0 aliphatic rings. The highest BCUT2D eigenvalue weighted by Crippen LogP contribution is 2.29. The molecule has 0 atom stereocenters. The second kappa shape index (κ2) is 11.3. The molecule has 0 unspecified atom stereocenters. The fourth-order valence-corrected chi connectivity index (χ4v) is 3.70. The zero-order valence-corrected chi connectivity index (χ0v) is 20.3. The van der Waals surface area contributed by atoms with Gasteiger partial charge in [-0.3, -0.25) is 14.6 Å². The summed E-state index contributed by atoms with van der Waals surface area (Å²) in [4.78, 5) is 30.3. The van der Waals surface area contributed by atoms with E-state index < -0.39 is 17.2 Å². The first-order valence-electron chi connectivity index (χ1n) is 11.8. The number of carbonyl (C=O) groups excluding carboxylic acids is 1. The number of anilines is 2. The number of nitrogens with one attached hydrogen (secondary N) is 2. The molecule has 0 aliphatic heterocycles. The van der Waals surface area contributed by atoms with Crippen LogP contribution in [0.25, 0.3) is 5.69 Å². The van der Waals surface area contributed by atoms with Crippen molar-refractivity contribution in [2.45, 2.75) is 6.54 Å². The van der Waals surface area contributed by atoms with E-state index in [1.807, 2.05) is 6.07 Å². The van der Waals surface area contributed by atoms with Gasteiger partial charge in [0.1, 0.15) is 17.4 Å². The van der Waals surface area contributed by atoms with Gasteiger partial charge in [-0.2, -0.15) is 9.78 Å². The molecule has 0 bridgehead atoms. The van der Waals surface area contributed by atoms with E-state index in [1.54, 1.807) is 42.7 Å². The summed E-state index contributed by atoms with van der Waals surface area (Å²) in [6.45, 7) is 0.298. The Balaban J connectivity index is 1.46. The van der Waals surface area contributed by atoms with Crippen molar-refractivity contribution < 1.29 is 18.3 Å². The molecule has 5 aromatic rings. The van der Waals surface area contributed by atoms with Gasteiger partial charge in [0.25, 0.3) is 11.5 Å². The van der Waals surface area contributed by atoms with Crippen LogP contribution in [-0.2, 0) is 6.54 Å². The molecule has 2 aromatic heterocycles. The minimum absolute atomic E-state index is 0.00608. The van der Waals surface area contributed by atoms with Crippen molar-refractivity contribution in [3.05, 3.63) is 137 Å². The summed E-state index contributed by atoms with van der Waals surface area (Å²) >= 11 is 0. The number of amides is 1. The lowest BCUT2D eigenvalue weighted by Crippen LogP contribution is -2.24. The minimum Gasteiger partial charge on any atom is -0.453 e. The molecule has 8 nitrogen and oxygen atoms in total. The summed E-state index contributed by atoms with van der Waals surface area (Å²) < 4.78 is 33.8.